The number of anilines is 1. The second-order valence-corrected chi connectivity index (χ2v) is 7.97. The second kappa shape index (κ2) is 10.7. The smallest absolute Gasteiger partial charge is 0.412 e. The lowest BCUT2D eigenvalue weighted by atomic mass is 9.92. The third-order valence-electron chi connectivity index (χ3n) is 4.95. The molecule has 3 rings (SSSR count). The highest BCUT2D eigenvalue weighted by Crippen LogP contribution is 2.36. The summed E-state index contributed by atoms with van der Waals surface area (Å²) in [6, 6.07) is 17.8. The summed E-state index contributed by atoms with van der Waals surface area (Å²) in [4.78, 5) is 25.2. The Bertz CT molecular complexity index is 1130. The van der Waals surface area contributed by atoms with E-state index in [0.717, 1.165) is 10.3 Å². The molecule has 8 heteroatoms. The van der Waals surface area contributed by atoms with Gasteiger partial charge in [0.2, 0.25) is 0 Å². The lowest BCUT2D eigenvalue weighted by molar-refractivity contribution is -0.124. The highest BCUT2D eigenvalue weighted by molar-refractivity contribution is 7.98. The van der Waals surface area contributed by atoms with Crippen molar-refractivity contribution < 1.29 is 24.6 Å². The van der Waals surface area contributed by atoms with Gasteiger partial charge < -0.3 is 9.84 Å². The van der Waals surface area contributed by atoms with Crippen LogP contribution in [0.1, 0.15) is 18.6 Å². The number of carbonyl (C=O) groups excluding carboxylic acids is 2. The van der Waals surface area contributed by atoms with Crippen LogP contribution in [0.4, 0.5) is 10.5 Å². The number of nitrogens with one attached hydrogen (secondary N) is 2. The first kappa shape index (κ1) is 23.2. The third kappa shape index (κ3) is 5.60. The van der Waals surface area contributed by atoms with Crippen molar-refractivity contribution in [2.24, 2.45) is 5.92 Å². The number of ether oxygens (including phenoxy) is 1. The molecular weight excluding hydrogens is 428 g/mol. The van der Waals surface area contributed by atoms with Gasteiger partial charge in [-0.2, -0.15) is 0 Å². The molecule has 2 atom stereocenters. The van der Waals surface area contributed by atoms with Crippen LogP contribution in [0.2, 0.25) is 0 Å². The summed E-state index contributed by atoms with van der Waals surface area (Å²) in [6.45, 7) is 1.79. The number of rotatable bonds is 7. The van der Waals surface area contributed by atoms with E-state index in [9.17, 15) is 14.7 Å². The fourth-order valence-corrected chi connectivity index (χ4v) is 3.73. The van der Waals surface area contributed by atoms with Gasteiger partial charge in [-0.05, 0) is 42.0 Å². The number of aromatic hydroxyl groups is 1. The summed E-state index contributed by atoms with van der Waals surface area (Å²) >= 11 is 1.60. The number of phenols is 1. The molecular formula is C24H24N2O5S. The van der Waals surface area contributed by atoms with E-state index >= 15 is 0 Å². The summed E-state index contributed by atoms with van der Waals surface area (Å²) in [7, 11) is 0. The van der Waals surface area contributed by atoms with Gasteiger partial charge in [-0.1, -0.05) is 43.3 Å². The maximum atomic E-state index is 12.7. The van der Waals surface area contributed by atoms with Gasteiger partial charge in [-0.3, -0.25) is 15.3 Å². The molecule has 0 aliphatic carbocycles. The molecule has 0 spiro atoms. The van der Waals surface area contributed by atoms with Crippen LogP contribution in [0.3, 0.4) is 0 Å². The molecule has 32 heavy (non-hydrogen) atoms. The molecule has 0 unspecified atom stereocenters. The Labute approximate surface area is 190 Å². The summed E-state index contributed by atoms with van der Waals surface area (Å²) in [5.41, 5.74) is 2.80. The van der Waals surface area contributed by atoms with E-state index in [2.05, 4.69) is 5.32 Å². The zero-order valence-corrected chi connectivity index (χ0v) is 18.4. The Hall–Kier alpha value is -3.49. The van der Waals surface area contributed by atoms with Crippen molar-refractivity contribution in [2.45, 2.75) is 17.9 Å². The summed E-state index contributed by atoms with van der Waals surface area (Å²) in [5, 5.41) is 23.0. The summed E-state index contributed by atoms with van der Waals surface area (Å²) in [5.74, 6) is -1.00. The fourth-order valence-electron chi connectivity index (χ4n) is 3.32. The maximum Gasteiger partial charge on any atom is 0.412 e. The molecule has 2 amide bonds. The molecule has 0 saturated heterocycles. The highest BCUT2D eigenvalue weighted by Gasteiger charge is 2.25. The van der Waals surface area contributed by atoms with E-state index in [1.807, 2.05) is 36.6 Å². The minimum absolute atomic E-state index is 0.115. The van der Waals surface area contributed by atoms with Crippen LogP contribution in [-0.2, 0) is 9.53 Å². The molecule has 0 aliphatic rings. The average Bonchev–Trinajstić information content (AvgIpc) is 2.82. The molecule has 0 saturated carbocycles. The topological polar surface area (TPSA) is 108 Å². The fraction of sp³-hybridized carbons (Fsp3) is 0.167. The van der Waals surface area contributed by atoms with E-state index in [4.69, 9.17) is 9.94 Å². The van der Waals surface area contributed by atoms with Crippen LogP contribution in [0.5, 0.6) is 5.75 Å². The van der Waals surface area contributed by atoms with Crippen molar-refractivity contribution in [3.05, 3.63) is 78.4 Å². The van der Waals surface area contributed by atoms with Crippen molar-refractivity contribution >= 4 is 40.2 Å². The molecule has 0 radical (unpaired) electrons. The quantitative estimate of drug-likeness (QED) is 0.169. The summed E-state index contributed by atoms with van der Waals surface area (Å²) in [6.07, 6.45) is 3.25. The maximum absolute atomic E-state index is 12.7. The molecule has 0 heterocycles. The predicted molar refractivity (Wildman–Crippen MR) is 125 cm³/mol. The largest absolute Gasteiger partial charge is 0.507 e. The van der Waals surface area contributed by atoms with E-state index < -0.39 is 24.0 Å². The van der Waals surface area contributed by atoms with Gasteiger partial charge in [0.1, 0.15) is 11.9 Å². The van der Waals surface area contributed by atoms with E-state index in [0.29, 0.717) is 16.6 Å². The number of benzene rings is 3. The molecule has 0 aromatic heterocycles. The van der Waals surface area contributed by atoms with Crippen molar-refractivity contribution in [1.29, 1.82) is 0 Å². The van der Waals surface area contributed by atoms with Crippen molar-refractivity contribution in [3.63, 3.8) is 0 Å². The molecule has 7 nitrogen and oxygen atoms in total. The summed E-state index contributed by atoms with van der Waals surface area (Å²) < 4.78 is 5.79. The lowest BCUT2D eigenvalue weighted by Gasteiger charge is -2.24. The number of amides is 2. The molecule has 3 aromatic rings. The minimum atomic E-state index is -0.770. The molecule has 0 fully saturated rings. The number of hydroxylamine groups is 1. The SMILES string of the molecule is CSc1ccc(NC(=O)O[C@@H](c2ccc(O)c3ccccc23)[C@@H](C)/C=C/C(=O)NO)cc1. The monoisotopic (exact) mass is 452 g/mol. The molecule has 3 aromatic carbocycles. The number of phenolic OH excluding ortho intramolecular Hbond substituents is 1. The Morgan fingerprint density at radius 1 is 1.03 bits per heavy atom. The minimum Gasteiger partial charge on any atom is -0.507 e. The molecule has 166 valence electrons. The van der Waals surface area contributed by atoms with E-state index in [-0.39, 0.29) is 5.75 Å². The number of fused-ring (bicyclic) bond motifs is 1. The van der Waals surface area contributed by atoms with E-state index in [1.54, 1.807) is 55.1 Å². The zero-order valence-electron chi connectivity index (χ0n) is 17.6. The average molecular weight is 453 g/mol. The van der Waals surface area contributed by atoms with Crippen LogP contribution in [0.15, 0.2) is 77.7 Å². The van der Waals surface area contributed by atoms with Crippen LogP contribution in [-0.4, -0.2) is 28.6 Å². The number of carbonyl (C=O) groups is 2. The standard InChI is InChI=1S/C24H24N2O5S/c1-15(7-14-22(28)26-30)23(20-12-13-21(27)19-6-4-3-5-18(19)20)31-24(29)25-16-8-10-17(32-2)11-9-16/h3-15,23,27,30H,1-2H3,(H,25,29)(H,26,28)/b14-7+/t15-,23+/m0/s1. The molecule has 0 aliphatic heterocycles. The van der Waals surface area contributed by atoms with Gasteiger partial charge in [0, 0.05) is 33.5 Å². The second-order valence-electron chi connectivity index (χ2n) is 7.09. The Balaban J connectivity index is 1.92. The predicted octanol–water partition coefficient (Wildman–Crippen LogP) is 5.25. The van der Waals surface area contributed by atoms with E-state index in [1.165, 1.54) is 11.6 Å². The van der Waals surface area contributed by atoms with Gasteiger partial charge >= 0.3 is 6.09 Å². The first-order valence-corrected chi connectivity index (χ1v) is 11.1. The first-order valence-electron chi connectivity index (χ1n) is 9.87. The number of thioether (sulfide) groups is 1. The van der Waals surface area contributed by atoms with Crippen LogP contribution >= 0.6 is 11.8 Å². The van der Waals surface area contributed by atoms with Crippen LogP contribution in [0.25, 0.3) is 10.8 Å². The first-order chi connectivity index (χ1) is 15.4. The van der Waals surface area contributed by atoms with Crippen molar-refractivity contribution in [2.75, 3.05) is 11.6 Å². The van der Waals surface area contributed by atoms with Crippen molar-refractivity contribution in [1.82, 2.24) is 5.48 Å². The Morgan fingerprint density at radius 3 is 2.38 bits per heavy atom. The normalized spacial score (nSPS) is 13.0. The van der Waals surface area contributed by atoms with Gasteiger partial charge in [-0.25, -0.2) is 10.3 Å². The Morgan fingerprint density at radius 2 is 1.72 bits per heavy atom. The van der Waals surface area contributed by atoms with Crippen molar-refractivity contribution in [3.8, 4) is 5.75 Å². The van der Waals surface area contributed by atoms with Crippen LogP contribution in [0, 0.1) is 5.92 Å². The Kier molecular flexibility index (Phi) is 7.75. The lowest BCUT2D eigenvalue weighted by Crippen LogP contribution is -2.22. The zero-order chi connectivity index (χ0) is 23.1. The number of hydrogen-bond acceptors (Lipinski definition) is 6. The number of hydrogen-bond donors (Lipinski definition) is 4. The van der Waals surface area contributed by atoms with Gasteiger partial charge in [-0.15, -0.1) is 11.8 Å². The molecule has 4 N–H and O–H groups in total. The van der Waals surface area contributed by atoms with Gasteiger partial charge in [0.25, 0.3) is 5.91 Å². The van der Waals surface area contributed by atoms with Gasteiger partial charge in [0.05, 0.1) is 0 Å². The van der Waals surface area contributed by atoms with Gasteiger partial charge in [0.15, 0.2) is 0 Å². The van der Waals surface area contributed by atoms with Crippen LogP contribution < -0.4 is 10.8 Å². The third-order valence-corrected chi connectivity index (χ3v) is 5.69. The highest BCUT2D eigenvalue weighted by atomic mass is 32.2. The molecule has 0 bridgehead atoms.